The fourth-order valence-electron chi connectivity index (χ4n) is 2.66. The zero-order valence-electron chi connectivity index (χ0n) is 12.6. The summed E-state index contributed by atoms with van der Waals surface area (Å²) in [5.41, 5.74) is 2.66. The summed E-state index contributed by atoms with van der Waals surface area (Å²) >= 11 is 0. The number of benzene rings is 1. The lowest BCUT2D eigenvalue weighted by atomic mass is 9.97. The van der Waals surface area contributed by atoms with Crippen LogP contribution in [-0.4, -0.2) is 27.4 Å². The van der Waals surface area contributed by atoms with Crippen molar-refractivity contribution >= 4 is 0 Å². The summed E-state index contributed by atoms with van der Waals surface area (Å²) in [7, 11) is 0. The first-order valence-electron chi connectivity index (χ1n) is 7.53. The van der Waals surface area contributed by atoms with Gasteiger partial charge in [-0.15, -0.1) is 0 Å². The van der Waals surface area contributed by atoms with Crippen molar-refractivity contribution in [1.29, 1.82) is 0 Å². The van der Waals surface area contributed by atoms with Crippen LogP contribution in [0, 0.1) is 0 Å². The van der Waals surface area contributed by atoms with E-state index in [2.05, 4.69) is 53.5 Å². The molecule has 0 fully saturated rings. The molecular weight excluding hydrogens is 264 g/mol. The van der Waals surface area contributed by atoms with Gasteiger partial charge in [-0.25, -0.2) is 9.67 Å². The van der Waals surface area contributed by atoms with E-state index in [0.717, 1.165) is 25.4 Å². The van der Waals surface area contributed by atoms with Crippen molar-refractivity contribution in [3.8, 4) is 0 Å². The van der Waals surface area contributed by atoms with Crippen molar-refractivity contribution in [3.05, 3.63) is 47.5 Å². The van der Waals surface area contributed by atoms with Gasteiger partial charge in [0.05, 0.1) is 19.7 Å². The van der Waals surface area contributed by atoms with Crippen LogP contribution < -0.4 is 5.32 Å². The van der Waals surface area contributed by atoms with Crippen molar-refractivity contribution in [2.75, 3.05) is 6.61 Å². The van der Waals surface area contributed by atoms with E-state index < -0.39 is 0 Å². The van der Waals surface area contributed by atoms with E-state index in [1.807, 2.05) is 4.68 Å². The van der Waals surface area contributed by atoms with Gasteiger partial charge in [0.1, 0.15) is 18.3 Å². The highest BCUT2D eigenvalue weighted by atomic mass is 16.5. The number of ether oxygens (including phenoxy) is 1. The fraction of sp³-hybridized carbons (Fsp3) is 0.500. The quantitative estimate of drug-likeness (QED) is 0.914. The van der Waals surface area contributed by atoms with Crippen LogP contribution in [0.1, 0.15) is 36.9 Å². The molecule has 0 radical (unpaired) electrons. The molecule has 1 atom stereocenters. The molecule has 0 amide bonds. The molecule has 112 valence electrons. The first kappa shape index (κ1) is 14.2. The predicted octanol–water partition coefficient (Wildman–Crippen LogP) is 2.09. The van der Waals surface area contributed by atoms with Gasteiger partial charge in [-0.05, 0) is 17.5 Å². The SMILES string of the molecule is CC(C)NCc1ncnn1CC1OCCc2ccccc21. The molecule has 1 aliphatic heterocycles. The van der Waals surface area contributed by atoms with Crippen molar-refractivity contribution < 1.29 is 4.74 Å². The van der Waals surface area contributed by atoms with Crippen LogP contribution in [0.25, 0.3) is 0 Å². The third-order valence-electron chi connectivity index (χ3n) is 3.80. The molecular formula is C16H22N4O. The fourth-order valence-corrected chi connectivity index (χ4v) is 2.66. The van der Waals surface area contributed by atoms with Crippen LogP contribution >= 0.6 is 0 Å². The maximum atomic E-state index is 5.95. The van der Waals surface area contributed by atoms with Crippen LogP contribution in [0.3, 0.4) is 0 Å². The Morgan fingerprint density at radius 2 is 2.24 bits per heavy atom. The zero-order chi connectivity index (χ0) is 14.7. The number of aromatic nitrogens is 3. The Kier molecular flexibility index (Phi) is 4.31. The highest BCUT2D eigenvalue weighted by Gasteiger charge is 2.22. The van der Waals surface area contributed by atoms with Crippen molar-refractivity contribution in [2.24, 2.45) is 0 Å². The Labute approximate surface area is 125 Å². The minimum atomic E-state index is 0.0643. The zero-order valence-corrected chi connectivity index (χ0v) is 12.6. The van der Waals surface area contributed by atoms with Gasteiger partial charge in [-0.1, -0.05) is 38.1 Å². The van der Waals surface area contributed by atoms with Gasteiger partial charge in [0.2, 0.25) is 0 Å². The number of rotatable bonds is 5. The van der Waals surface area contributed by atoms with Gasteiger partial charge in [0, 0.05) is 6.04 Å². The van der Waals surface area contributed by atoms with Gasteiger partial charge >= 0.3 is 0 Å². The third kappa shape index (κ3) is 3.31. The van der Waals surface area contributed by atoms with E-state index in [-0.39, 0.29) is 6.10 Å². The Bertz CT molecular complexity index is 593. The second-order valence-electron chi connectivity index (χ2n) is 5.70. The molecule has 0 bridgehead atoms. The molecule has 2 heterocycles. The average Bonchev–Trinajstić information content (AvgIpc) is 2.93. The Hall–Kier alpha value is -1.72. The van der Waals surface area contributed by atoms with Gasteiger partial charge < -0.3 is 10.1 Å². The van der Waals surface area contributed by atoms with E-state index >= 15 is 0 Å². The van der Waals surface area contributed by atoms with Gasteiger partial charge in [0.25, 0.3) is 0 Å². The molecule has 3 rings (SSSR count). The van der Waals surface area contributed by atoms with Crippen molar-refractivity contribution in [2.45, 2.75) is 45.5 Å². The lowest BCUT2D eigenvalue weighted by Crippen LogP contribution is -2.26. The van der Waals surface area contributed by atoms with Crippen LogP contribution in [0.2, 0.25) is 0 Å². The van der Waals surface area contributed by atoms with Crippen molar-refractivity contribution in [3.63, 3.8) is 0 Å². The summed E-state index contributed by atoms with van der Waals surface area (Å²) < 4.78 is 7.90. The number of nitrogens with zero attached hydrogens (tertiary/aromatic N) is 3. The van der Waals surface area contributed by atoms with Gasteiger partial charge in [-0.3, -0.25) is 0 Å². The topological polar surface area (TPSA) is 52.0 Å². The molecule has 1 unspecified atom stereocenters. The molecule has 5 heteroatoms. The molecule has 1 aromatic carbocycles. The number of fused-ring (bicyclic) bond motifs is 1. The van der Waals surface area contributed by atoms with E-state index in [1.54, 1.807) is 6.33 Å². The lowest BCUT2D eigenvalue weighted by Gasteiger charge is -2.26. The molecule has 0 aliphatic carbocycles. The van der Waals surface area contributed by atoms with E-state index in [1.165, 1.54) is 11.1 Å². The minimum Gasteiger partial charge on any atom is -0.371 e. The number of hydrogen-bond donors (Lipinski definition) is 1. The molecule has 5 nitrogen and oxygen atoms in total. The molecule has 1 aromatic heterocycles. The van der Waals surface area contributed by atoms with E-state index in [9.17, 15) is 0 Å². The predicted molar refractivity (Wildman–Crippen MR) is 80.8 cm³/mol. The minimum absolute atomic E-state index is 0.0643. The summed E-state index contributed by atoms with van der Waals surface area (Å²) in [5, 5.41) is 7.73. The normalized spacial score (nSPS) is 18.0. The summed E-state index contributed by atoms with van der Waals surface area (Å²) in [4.78, 5) is 4.34. The maximum absolute atomic E-state index is 5.95. The van der Waals surface area contributed by atoms with Crippen LogP contribution in [0.5, 0.6) is 0 Å². The largest absolute Gasteiger partial charge is 0.371 e. The second kappa shape index (κ2) is 6.37. The van der Waals surface area contributed by atoms with Crippen LogP contribution in [0.4, 0.5) is 0 Å². The molecule has 1 aliphatic rings. The highest BCUT2D eigenvalue weighted by molar-refractivity contribution is 5.30. The summed E-state index contributed by atoms with van der Waals surface area (Å²) in [6.07, 6.45) is 2.67. The van der Waals surface area contributed by atoms with Crippen molar-refractivity contribution in [1.82, 2.24) is 20.1 Å². The Balaban J connectivity index is 1.75. The molecule has 2 aromatic rings. The molecule has 0 saturated carbocycles. The van der Waals surface area contributed by atoms with E-state index in [0.29, 0.717) is 12.6 Å². The Morgan fingerprint density at radius 3 is 3.10 bits per heavy atom. The first-order valence-corrected chi connectivity index (χ1v) is 7.53. The molecule has 21 heavy (non-hydrogen) atoms. The summed E-state index contributed by atoms with van der Waals surface area (Å²) in [6, 6.07) is 8.94. The van der Waals surface area contributed by atoms with E-state index in [4.69, 9.17) is 4.74 Å². The van der Waals surface area contributed by atoms with Crippen LogP contribution in [-0.2, 0) is 24.2 Å². The molecule has 0 saturated heterocycles. The maximum Gasteiger partial charge on any atom is 0.140 e. The third-order valence-corrected chi connectivity index (χ3v) is 3.80. The van der Waals surface area contributed by atoms with Crippen LogP contribution in [0.15, 0.2) is 30.6 Å². The standard InChI is InChI=1S/C16H22N4O/c1-12(2)17-9-16-18-11-19-20(16)10-15-14-6-4-3-5-13(14)7-8-21-15/h3-6,11-12,15,17H,7-10H2,1-2H3. The van der Waals surface area contributed by atoms with Gasteiger partial charge in [0.15, 0.2) is 0 Å². The molecule has 1 N–H and O–H groups in total. The smallest absolute Gasteiger partial charge is 0.140 e. The first-order chi connectivity index (χ1) is 10.2. The summed E-state index contributed by atoms with van der Waals surface area (Å²) in [5.74, 6) is 0.954. The highest BCUT2D eigenvalue weighted by Crippen LogP contribution is 2.28. The second-order valence-corrected chi connectivity index (χ2v) is 5.70. The van der Waals surface area contributed by atoms with Gasteiger partial charge in [-0.2, -0.15) is 5.10 Å². The monoisotopic (exact) mass is 286 g/mol. The number of hydrogen-bond acceptors (Lipinski definition) is 4. The molecule has 0 spiro atoms. The average molecular weight is 286 g/mol. The summed E-state index contributed by atoms with van der Waals surface area (Å²) in [6.45, 7) is 6.47. The number of nitrogens with one attached hydrogen (secondary N) is 1. The Morgan fingerprint density at radius 1 is 1.38 bits per heavy atom. The lowest BCUT2D eigenvalue weighted by molar-refractivity contribution is 0.0275.